The first-order valence-corrected chi connectivity index (χ1v) is 15.0. The number of hydrogen-bond acceptors (Lipinski definition) is 9. The number of carbonyl (C=O) groups is 1. The number of likely N-dealkylation sites (tertiary alicyclic amines) is 1. The number of phenols is 1. The molecular formula is C33H35FN4O6S. The Balaban J connectivity index is 1.21. The first kappa shape index (κ1) is 31.9. The van der Waals surface area contributed by atoms with Crippen LogP contribution >= 0.6 is 12.2 Å². The number of amides is 1. The number of aliphatic hydroxyl groups excluding tert-OH is 1. The van der Waals surface area contributed by atoms with Crippen molar-refractivity contribution in [3.63, 3.8) is 0 Å². The van der Waals surface area contributed by atoms with Crippen LogP contribution in [0.4, 0.5) is 10.1 Å². The number of benzene rings is 3. The minimum atomic E-state index is -0.659. The highest BCUT2D eigenvalue weighted by molar-refractivity contribution is 7.80. The summed E-state index contributed by atoms with van der Waals surface area (Å²) in [6.07, 6.45) is 4.42. The number of nitrogens with one attached hydrogen (secondary N) is 2. The first-order valence-electron chi connectivity index (χ1n) is 14.6. The van der Waals surface area contributed by atoms with Crippen LogP contribution in [0.15, 0.2) is 66.9 Å². The van der Waals surface area contributed by atoms with Gasteiger partial charge in [-0.2, -0.15) is 0 Å². The predicted molar refractivity (Wildman–Crippen MR) is 173 cm³/mol. The van der Waals surface area contributed by atoms with Crippen LogP contribution in [0.3, 0.4) is 0 Å². The van der Waals surface area contributed by atoms with Crippen LogP contribution < -0.4 is 24.8 Å². The van der Waals surface area contributed by atoms with Crippen LogP contribution in [-0.4, -0.2) is 70.6 Å². The summed E-state index contributed by atoms with van der Waals surface area (Å²) in [4.78, 5) is 19.0. The summed E-state index contributed by atoms with van der Waals surface area (Å²) in [6, 6.07) is 15.6. The number of pyridine rings is 1. The molecule has 5 rings (SSSR count). The Kier molecular flexibility index (Phi) is 10.6. The van der Waals surface area contributed by atoms with Gasteiger partial charge in [0.15, 0.2) is 28.2 Å². The van der Waals surface area contributed by atoms with Gasteiger partial charge in [-0.3, -0.25) is 9.78 Å². The lowest BCUT2D eigenvalue weighted by Crippen LogP contribution is -2.38. The Labute approximate surface area is 265 Å². The number of β-amino-alcohol motifs (C(OH)–C–C–N with tert-alkyl or cyclic N) is 1. The molecule has 1 amide bonds. The lowest BCUT2D eigenvalue weighted by molar-refractivity contribution is -0.119. The first-order chi connectivity index (χ1) is 21.8. The SMILES string of the molecule is COc1cc2c(Oc3ccc(NC(=S)NC(=O)Cc4cccc(O)c4)cc3F)ccnc2cc1OCC(O)CN1CCCCC1. The largest absolute Gasteiger partial charge is 0.508 e. The molecule has 1 unspecified atom stereocenters. The summed E-state index contributed by atoms with van der Waals surface area (Å²) in [5.41, 5.74) is 1.47. The number of rotatable bonds is 11. The molecule has 1 aliphatic rings. The Morgan fingerprint density at radius 1 is 1.04 bits per heavy atom. The van der Waals surface area contributed by atoms with E-state index in [1.807, 2.05) is 0 Å². The van der Waals surface area contributed by atoms with Gasteiger partial charge in [-0.1, -0.05) is 18.6 Å². The Hall–Kier alpha value is -4.52. The number of ether oxygens (including phenoxy) is 3. The van der Waals surface area contributed by atoms with Crippen molar-refractivity contribution >= 4 is 39.8 Å². The summed E-state index contributed by atoms with van der Waals surface area (Å²) in [5, 5.41) is 26.0. The van der Waals surface area contributed by atoms with Crippen molar-refractivity contribution in [3.05, 3.63) is 78.2 Å². The molecule has 1 fully saturated rings. The third kappa shape index (κ3) is 8.78. The molecule has 0 saturated carbocycles. The number of aromatic nitrogens is 1. The average molecular weight is 635 g/mol. The molecule has 1 atom stereocenters. The monoisotopic (exact) mass is 634 g/mol. The normalized spacial score (nSPS) is 14.0. The van der Waals surface area contributed by atoms with Gasteiger partial charge in [0.1, 0.15) is 24.2 Å². The fraction of sp³-hybridized carbons (Fsp3) is 0.303. The Bertz CT molecular complexity index is 1670. The van der Waals surface area contributed by atoms with Crippen LogP contribution in [0.5, 0.6) is 28.7 Å². The molecular weight excluding hydrogens is 599 g/mol. The van der Waals surface area contributed by atoms with E-state index in [1.165, 1.54) is 37.8 Å². The smallest absolute Gasteiger partial charge is 0.230 e. The molecule has 1 aliphatic heterocycles. The van der Waals surface area contributed by atoms with E-state index in [2.05, 4.69) is 20.5 Å². The third-order valence-electron chi connectivity index (χ3n) is 7.27. The number of hydrogen-bond donors (Lipinski definition) is 4. The molecule has 3 aromatic carbocycles. The number of carbonyl (C=O) groups excluding carboxylic acids is 1. The minimum Gasteiger partial charge on any atom is -0.508 e. The third-order valence-corrected chi connectivity index (χ3v) is 7.48. The molecule has 1 saturated heterocycles. The van der Waals surface area contributed by atoms with Gasteiger partial charge >= 0.3 is 0 Å². The van der Waals surface area contributed by atoms with Crippen molar-refractivity contribution in [1.29, 1.82) is 0 Å². The van der Waals surface area contributed by atoms with Gasteiger partial charge in [0.2, 0.25) is 5.91 Å². The summed E-state index contributed by atoms with van der Waals surface area (Å²) in [7, 11) is 1.51. The molecule has 4 aromatic rings. The zero-order valence-corrected chi connectivity index (χ0v) is 25.6. The number of thiocarbonyl (C=S) groups is 1. The van der Waals surface area contributed by atoms with Crippen LogP contribution in [0.25, 0.3) is 10.9 Å². The van der Waals surface area contributed by atoms with E-state index in [9.17, 15) is 15.0 Å². The number of phenolic OH excluding ortho intramolecular Hbond substituents is 1. The maximum atomic E-state index is 15.1. The maximum absolute atomic E-state index is 15.1. The molecule has 45 heavy (non-hydrogen) atoms. The number of halogens is 1. The quantitative estimate of drug-likeness (QED) is 0.164. The highest BCUT2D eigenvalue weighted by atomic mass is 32.1. The van der Waals surface area contributed by atoms with Crippen molar-refractivity contribution < 1.29 is 33.6 Å². The summed E-state index contributed by atoms with van der Waals surface area (Å²) in [6.45, 7) is 2.62. The van der Waals surface area contributed by atoms with E-state index < -0.39 is 11.9 Å². The van der Waals surface area contributed by atoms with Gasteiger partial charge in [-0.25, -0.2) is 4.39 Å². The number of anilines is 1. The molecule has 10 nitrogen and oxygen atoms in total. The molecule has 2 heterocycles. The average Bonchev–Trinajstić information content (AvgIpc) is 3.01. The predicted octanol–water partition coefficient (Wildman–Crippen LogP) is 5.16. The second-order valence-corrected chi connectivity index (χ2v) is 11.2. The number of fused-ring (bicyclic) bond motifs is 1. The number of nitrogens with zero attached hydrogens (tertiary/aromatic N) is 2. The minimum absolute atomic E-state index is 0.00233. The van der Waals surface area contributed by atoms with Crippen molar-refractivity contribution in [1.82, 2.24) is 15.2 Å². The molecule has 0 spiro atoms. The van der Waals surface area contributed by atoms with Crippen molar-refractivity contribution in [2.24, 2.45) is 0 Å². The fourth-order valence-corrected chi connectivity index (χ4v) is 5.36. The van der Waals surface area contributed by atoms with E-state index in [1.54, 1.807) is 42.6 Å². The van der Waals surface area contributed by atoms with Crippen LogP contribution in [0.2, 0.25) is 0 Å². The molecule has 236 valence electrons. The molecule has 0 radical (unpaired) electrons. The number of methoxy groups -OCH3 is 1. The lowest BCUT2D eigenvalue weighted by atomic mass is 10.1. The highest BCUT2D eigenvalue weighted by Gasteiger charge is 2.18. The van der Waals surface area contributed by atoms with Gasteiger partial charge in [-0.15, -0.1) is 0 Å². The number of aliphatic hydroxyl groups is 1. The Morgan fingerprint density at radius 2 is 1.87 bits per heavy atom. The van der Waals surface area contributed by atoms with Gasteiger partial charge in [0.05, 0.1) is 19.0 Å². The van der Waals surface area contributed by atoms with Crippen LogP contribution in [-0.2, 0) is 11.2 Å². The zero-order chi connectivity index (χ0) is 31.8. The second kappa shape index (κ2) is 15.0. The highest BCUT2D eigenvalue weighted by Crippen LogP contribution is 2.38. The summed E-state index contributed by atoms with van der Waals surface area (Å²) >= 11 is 5.20. The van der Waals surface area contributed by atoms with E-state index in [4.69, 9.17) is 26.4 Å². The standard InChI is InChI=1S/C33H35FN4O6S/c1-42-30-17-25-27(18-31(30)43-20-24(40)19-38-12-3-2-4-13-38)35-11-10-28(25)44-29-9-8-22(16-26(29)34)36-33(45)37-32(41)15-21-6-5-7-23(39)14-21/h5-11,14,16-18,24,39-40H,2-4,12-13,15,19-20H2,1H3,(H2,36,37,41,45). The summed E-state index contributed by atoms with van der Waals surface area (Å²) in [5.74, 6) is 0.181. The number of piperidine rings is 1. The van der Waals surface area contributed by atoms with Gasteiger partial charge < -0.3 is 40.0 Å². The van der Waals surface area contributed by atoms with E-state index in [0.717, 1.165) is 25.9 Å². The second-order valence-electron chi connectivity index (χ2n) is 10.8. The van der Waals surface area contributed by atoms with Gasteiger partial charge in [0, 0.05) is 35.9 Å². The molecule has 4 N–H and O–H groups in total. The van der Waals surface area contributed by atoms with E-state index in [-0.39, 0.29) is 35.5 Å². The van der Waals surface area contributed by atoms with E-state index >= 15 is 4.39 Å². The lowest BCUT2D eigenvalue weighted by Gasteiger charge is -2.28. The molecule has 1 aromatic heterocycles. The molecule has 0 aliphatic carbocycles. The summed E-state index contributed by atoms with van der Waals surface area (Å²) < 4.78 is 32.5. The van der Waals surface area contributed by atoms with Crippen LogP contribution in [0.1, 0.15) is 24.8 Å². The van der Waals surface area contributed by atoms with Crippen LogP contribution in [0, 0.1) is 5.82 Å². The topological polar surface area (TPSA) is 125 Å². The molecule has 0 bridgehead atoms. The number of aromatic hydroxyl groups is 1. The zero-order valence-electron chi connectivity index (χ0n) is 24.8. The maximum Gasteiger partial charge on any atom is 0.230 e. The van der Waals surface area contributed by atoms with Crippen molar-refractivity contribution in [2.75, 3.05) is 38.7 Å². The van der Waals surface area contributed by atoms with E-state index in [0.29, 0.717) is 45.9 Å². The van der Waals surface area contributed by atoms with Gasteiger partial charge in [-0.05, 0) is 80.1 Å². The molecule has 12 heteroatoms. The van der Waals surface area contributed by atoms with Crippen molar-refractivity contribution in [3.8, 4) is 28.7 Å². The van der Waals surface area contributed by atoms with Gasteiger partial charge in [0.25, 0.3) is 0 Å². The fourth-order valence-electron chi connectivity index (χ4n) is 5.13. The Morgan fingerprint density at radius 3 is 2.62 bits per heavy atom. The van der Waals surface area contributed by atoms with Crippen molar-refractivity contribution in [2.45, 2.75) is 31.8 Å².